The molecule has 0 atom stereocenters. The van der Waals surface area contributed by atoms with Gasteiger partial charge in [0.2, 0.25) is 0 Å². The van der Waals surface area contributed by atoms with Crippen molar-refractivity contribution in [1.82, 2.24) is 9.97 Å². The molecule has 0 aliphatic carbocycles. The Bertz CT molecular complexity index is 731. The lowest BCUT2D eigenvalue weighted by Crippen LogP contribution is -2.07. The summed E-state index contributed by atoms with van der Waals surface area (Å²) in [5, 5.41) is 4.86. The first kappa shape index (κ1) is 14.2. The van der Waals surface area contributed by atoms with Crippen molar-refractivity contribution >= 4 is 23.1 Å². The number of aromatic nitrogens is 2. The molecule has 108 valence electrons. The van der Waals surface area contributed by atoms with Gasteiger partial charge in [-0.05, 0) is 0 Å². The minimum absolute atomic E-state index is 0.369. The van der Waals surface area contributed by atoms with Crippen molar-refractivity contribution in [1.29, 1.82) is 0 Å². The van der Waals surface area contributed by atoms with E-state index in [-0.39, 0.29) is 0 Å². The molecule has 2 aromatic carbocycles. The highest BCUT2D eigenvalue weighted by Gasteiger charge is 2.06. The summed E-state index contributed by atoms with van der Waals surface area (Å²) in [6, 6.07) is 21.6. The Morgan fingerprint density at radius 3 is 2.00 bits per heavy atom. The number of hydrazone groups is 1. The van der Waals surface area contributed by atoms with Gasteiger partial charge in [0, 0.05) is 17.2 Å². The van der Waals surface area contributed by atoms with Crippen molar-refractivity contribution in [2.45, 2.75) is 0 Å². The van der Waals surface area contributed by atoms with E-state index in [4.69, 9.17) is 11.6 Å². The van der Waals surface area contributed by atoms with E-state index in [1.165, 1.54) is 6.33 Å². The summed E-state index contributed by atoms with van der Waals surface area (Å²) in [6.45, 7) is 0. The average molecular weight is 309 g/mol. The van der Waals surface area contributed by atoms with Crippen molar-refractivity contribution in [2.24, 2.45) is 5.10 Å². The smallest absolute Gasteiger partial charge is 0.151 e. The number of benzene rings is 2. The van der Waals surface area contributed by atoms with Crippen molar-refractivity contribution in [3.63, 3.8) is 0 Å². The van der Waals surface area contributed by atoms with Crippen molar-refractivity contribution in [2.75, 3.05) is 5.43 Å². The lowest BCUT2D eigenvalue weighted by atomic mass is 10.0. The van der Waals surface area contributed by atoms with Crippen molar-refractivity contribution in [3.05, 3.63) is 89.3 Å². The van der Waals surface area contributed by atoms with Crippen LogP contribution in [-0.2, 0) is 0 Å². The number of rotatable bonds is 4. The molecular formula is C17H13ClN4. The molecule has 0 spiro atoms. The minimum Gasteiger partial charge on any atom is -0.261 e. The summed E-state index contributed by atoms with van der Waals surface area (Å²) in [6.07, 6.45) is 1.39. The van der Waals surface area contributed by atoms with Gasteiger partial charge in [0.15, 0.2) is 5.82 Å². The Morgan fingerprint density at radius 2 is 1.45 bits per heavy atom. The van der Waals surface area contributed by atoms with Gasteiger partial charge >= 0.3 is 0 Å². The summed E-state index contributed by atoms with van der Waals surface area (Å²) < 4.78 is 0. The number of halogens is 1. The standard InChI is InChI=1S/C17H13ClN4/c18-15-11-16(20-12-19-15)21-22-17(13-7-3-1-4-8-13)14-9-5-2-6-10-14/h1-12H,(H,19,20,21). The number of anilines is 1. The highest BCUT2D eigenvalue weighted by molar-refractivity contribution is 6.29. The molecule has 3 rings (SSSR count). The molecule has 1 aromatic heterocycles. The van der Waals surface area contributed by atoms with Crippen LogP contribution in [0.4, 0.5) is 5.82 Å². The summed E-state index contributed by atoms with van der Waals surface area (Å²) in [5.74, 6) is 0.546. The van der Waals surface area contributed by atoms with Gasteiger partial charge in [0.25, 0.3) is 0 Å². The molecule has 0 unspecified atom stereocenters. The fraction of sp³-hybridized carbons (Fsp3) is 0. The minimum atomic E-state index is 0.369. The van der Waals surface area contributed by atoms with Gasteiger partial charge in [-0.2, -0.15) is 5.10 Å². The van der Waals surface area contributed by atoms with Crippen LogP contribution in [0.1, 0.15) is 11.1 Å². The molecule has 0 saturated heterocycles. The second-order valence-electron chi connectivity index (χ2n) is 4.53. The zero-order valence-corrected chi connectivity index (χ0v) is 12.4. The number of hydrogen-bond donors (Lipinski definition) is 1. The quantitative estimate of drug-likeness (QED) is 0.450. The Hall–Kier alpha value is -2.72. The first-order valence-electron chi connectivity index (χ1n) is 6.75. The van der Waals surface area contributed by atoms with Crippen molar-refractivity contribution in [3.8, 4) is 0 Å². The molecule has 0 amide bonds. The van der Waals surface area contributed by atoms with E-state index in [1.54, 1.807) is 6.07 Å². The van der Waals surface area contributed by atoms with E-state index in [0.29, 0.717) is 11.0 Å². The lowest BCUT2D eigenvalue weighted by molar-refractivity contribution is 1.14. The van der Waals surface area contributed by atoms with Crippen LogP contribution < -0.4 is 5.43 Å². The van der Waals surface area contributed by atoms with Crippen LogP contribution in [-0.4, -0.2) is 15.7 Å². The van der Waals surface area contributed by atoms with Gasteiger partial charge in [0.1, 0.15) is 11.5 Å². The van der Waals surface area contributed by atoms with Crippen LogP contribution in [0.25, 0.3) is 0 Å². The largest absolute Gasteiger partial charge is 0.261 e. The molecule has 3 aromatic rings. The van der Waals surface area contributed by atoms with E-state index in [0.717, 1.165) is 16.8 Å². The zero-order chi connectivity index (χ0) is 15.2. The molecule has 0 saturated carbocycles. The Labute approximate surface area is 133 Å². The van der Waals surface area contributed by atoms with Crippen LogP contribution in [0.15, 0.2) is 78.2 Å². The van der Waals surface area contributed by atoms with Crippen LogP contribution in [0.2, 0.25) is 5.15 Å². The van der Waals surface area contributed by atoms with E-state index < -0.39 is 0 Å². The van der Waals surface area contributed by atoms with Gasteiger partial charge in [0.05, 0.1) is 5.71 Å². The van der Waals surface area contributed by atoms with E-state index in [1.807, 2.05) is 60.7 Å². The Morgan fingerprint density at radius 1 is 0.864 bits per heavy atom. The van der Waals surface area contributed by atoms with Crippen LogP contribution in [0.3, 0.4) is 0 Å². The molecule has 0 aliphatic heterocycles. The fourth-order valence-corrected chi connectivity index (χ4v) is 2.14. The molecule has 0 bridgehead atoms. The van der Waals surface area contributed by atoms with Crippen LogP contribution in [0.5, 0.6) is 0 Å². The lowest BCUT2D eigenvalue weighted by Gasteiger charge is -2.08. The highest BCUT2D eigenvalue weighted by atomic mass is 35.5. The predicted octanol–water partition coefficient (Wildman–Crippen LogP) is 3.99. The fourth-order valence-electron chi connectivity index (χ4n) is 2.00. The van der Waals surface area contributed by atoms with Gasteiger partial charge in [-0.1, -0.05) is 72.3 Å². The highest BCUT2D eigenvalue weighted by Crippen LogP contribution is 2.13. The summed E-state index contributed by atoms with van der Waals surface area (Å²) in [4.78, 5) is 7.93. The molecule has 22 heavy (non-hydrogen) atoms. The molecule has 5 heteroatoms. The molecular weight excluding hydrogens is 296 g/mol. The molecule has 0 radical (unpaired) electrons. The van der Waals surface area contributed by atoms with E-state index in [2.05, 4.69) is 20.5 Å². The Balaban J connectivity index is 1.97. The molecule has 0 aliphatic rings. The third-order valence-corrected chi connectivity index (χ3v) is 3.22. The molecule has 4 nitrogen and oxygen atoms in total. The normalized spacial score (nSPS) is 10.0. The predicted molar refractivity (Wildman–Crippen MR) is 89.2 cm³/mol. The third kappa shape index (κ3) is 3.48. The summed E-state index contributed by atoms with van der Waals surface area (Å²) >= 11 is 5.85. The summed E-state index contributed by atoms with van der Waals surface area (Å²) in [5.41, 5.74) is 5.79. The monoisotopic (exact) mass is 308 g/mol. The second kappa shape index (κ2) is 6.83. The molecule has 0 fully saturated rings. The second-order valence-corrected chi connectivity index (χ2v) is 4.92. The van der Waals surface area contributed by atoms with Crippen LogP contribution >= 0.6 is 11.6 Å². The third-order valence-electron chi connectivity index (χ3n) is 3.01. The van der Waals surface area contributed by atoms with E-state index >= 15 is 0 Å². The molecule has 1 N–H and O–H groups in total. The maximum Gasteiger partial charge on any atom is 0.151 e. The number of nitrogens with zero attached hydrogens (tertiary/aromatic N) is 3. The van der Waals surface area contributed by atoms with Gasteiger partial charge in [-0.25, -0.2) is 9.97 Å². The van der Waals surface area contributed by atoms with Gasteiger partial charge in [-0.15, -0.1) is 0 Å². The van der Waals surface area contributed by atoms with Gasteiger partial charge < -0.3 is 0 Å². The summed E-state index contributed by atoms with van der Waals surface area (Å²) in [7, 11) is 0. The first-order chi connectivity index (χ1) is 10.8. The SMILES string of the molecule is Clc1cc(NN=C(c2ccccc2)c2ccccc2)ncn1. The van der Waals surface area contributed by atoms with Crippen molar-refractivity contribution < 1.29 is 0 Å². The topological polar surface area (TPSA) is 50.2 Å². The van der Waals surface area contributed by atoms with Gasteiger partial charge in [-0.3, -0.25) is 5.43 Å². The Kier molecular flexibility index (Phi) is 4.41. The number of nitrogens with one attached hydrogen (secondary N) is 1. The van der Waals surface area contributed by atoms with E-state index in [9.17, 15) is 0 Å². The van der Waals surface area contributed by atoms with Crippen LogP contribution in [0, 0.1) is 0 Å². The molecule has 1 heterocycles. The number of hydrogen-bond acceptors (Lipinski definition) is 4. The maximum absolute atomic E-state index is 5.85. The first-order valence-corrected chi connectivity index (χ1v) is 7.13. The zero-order valence-electron chi connectivity index (χ0n) is 11.6. The maximum atomic E-state index is 5.85. The average Bonchev–Trinajstić information content (AvgIpc) is 2.57.